The van der Waals surface area contributed by atoms with Crippen LogP contribution in [0.5, 0.6) is 0 Å². The van der Waals surface area contributed by atoms with Crippen molar-refractivity contribution in [1.29, 1.82) is 0 Å². The maximum absolute atomic E-state index is 10.9. The second kappa shape index (κ2) is 3.86. The van der Waals surface area contributed by atoms with Gasteiger partial charge in [0.25, 0.3) is 0 Å². The number of nitrogens with zero attached hydrogens (tertiary/aromatic N) is 1. The van der Waals surface area contributed by atoms with Crippen molar-refractivity contribution in [1.82, 2.24) is 4.98 Å². The van der Waals surface area contributed by atoms with Gasteiger partial charge >= 0.3 is 0 Å². The van der Waals surface area contributed by atoms with E-state index in [4.69, 9.17) is 5.11 Å². The van der Waals surface area contributed by atoms with Crippen LogP contribution >= 0.6 is 0 Å². The van der Waals surface area contributed by atoms with Crippen LogP contribution in [0.4, 0.5) is 0 Å². The molecule has 1 atom stereocenters. The van der Waals surface area contributed by atoms with E-state index in [1.165, 1.54) is 26.1 Å². The van der Waals surface area contributed by atoms with E-state index >= 15 is 0 Å². The number of Topliss-reactive ketones (excluding diaryl/α,β-unsaturated/α-hetero) is 1. The first-order chi connectivity index (χ1) is 6.47. The lowest BCUT2D eigenvalue weighted by Gasteiger charge is -2.19. The Balaban J connectivity index is 2.99. The van der Waals surface area contributed by atoms with Gasteiger partial charge in [0.15, 0.2) is 5.78 Å². The fraction of sp³-hybridized carbons (Fsp3) is 0.400. The van der Waals surface area contributed by atoms with Gasteiger partial charge in [-0.15, -0.1) is 0 Å². The van der Waals surface area contributed by atoms with Crippen LogP contribution in [-0.4, -0.2) is 27.6 Å². The zero-order valence-electron chi connectivity index (χ0n) is 8.19. The molecule has 0 saturated carbocycles. The van der Waals surface area contributed by atoms with Gasteiger partial charge in [-0.05, 0) is 26.0 Å². The molecule has 0 aromatic carbocycles. The van der Waals surface area contributed by atoms with E-state index in [0.29, 0.717) is 11.3 Å². The summed E-state index contributed by atoms with van der Waals surface area (Å²) in [6.45, 7) is 2.50. The second-order valence-electron chi connectivity index (χ2n) is 3.42. The number of rotatable bonds is 3. The minimum atomic E-state index is -1.35. The number of ketones is 1. The molecule has 14 heavy (non-hydrogen) atoms. The lowest BCUT2D eigenvalue weighted by atomic mass is 10.0. The van der Waals surface area contributed by atoms with Crippen molar-refractivity contribution in [3.63, 3.8) is 0 Å². The van der Waals surface area contributed by atoms with E-state index in [9.17, 15) is 9.90 Å². The number of hydrogen-bond acceptors (Lipinski definition) is 4. The van der Waals surface area contributed by atoms with Crippen molar-refractivity contribution >= 4 is 5.78 Å². The van der Waals surface area contributed by atoms with Crippen molar-refractivity contribution in [3.05, 3.63) is 29.6 Å². The Morgan fingerprint density at radius 3 is 2.57 bits per heavy atom. The molecule has 0 fully saturated rings. The van der Waals surface area contributed by atoms with Crippen LogP contribution in [0.15, 0.2) is 18.3 Å². The molecule has 1 heterocycles. The molecule has 4 heteroatoms. The van der Waals surface area contributed by atoms with Gasteiger partial charge in [0.05, 0.1) is 12.3 Å². The minimum Gasteiger partial charge on any atom is -0.393 e. The molecule has 0 radical (unpaired) electrons. The molecule has 0 aliphatic carbocycles. The van der Waals surface area contributed by atoms with Crippen LogP contribution in [-0.2, 0) is 5.60 Å². The molecular weight excluding hydrogens is 182 g/mol. The SMILES string of the molecule is CC(=O)c1ccc(C(C)(O)CO)nc1. The summed E-state index contributed by atoms with van der Waals surface area (Å²) in [4.78, 5) is 14.8. The van der Waals surface area contributed by atoms with Crippen molar-refractivity contribution in [3.8, 4) is 0 Å². The largest absolute Gasteiger partial charge is 0.393 e. The highest BCUT2D eigenvalue weighted by Crippen LogP contribution is 2.17. The van der Waals surface area contributed by atoms with Crippen LogP contribution in [0.25, 0.3) is 0 Å². The highest BCUT2D eigenvalue weighted by atomic mass is 16.3. The quantitative estimate of drug-likeness (QED) is 0.688. The first kappa shape index (κ1) is 10.8. The lowest BCUT2D eigenvalue weighted by molar-refractivity contribution is -0.00587. The molecule has 1 aromatic rings. The standard InChI is InChI=1S/C10H13NO3/c1-7(13)8-3-4-9(11-5-8)10(2,14)6-12/h3-5,12,14H,6H2,1-2H3. The number of aliphatic hydroxyl groups excluding tert-OH is 1. The molecule has 4 nitrogen and oxygen atoms in total. The maximum Gasteiger partial charge on any atom is 0.161 e. The third kappa shape index (κ3) is 2.16. The van der Waals surface area contributed by atoms with E-state index in [1.54, 1.807) is 6.07 Å². The molecule has 2 N–H and O–H groups in total. The van der Waals surface area contributed by atoms with Crippen molar-refractivity contribution in [2.45, 2.75) is 19.4 Å². The van der Waals surface area contributed by atoms with Crippen LogP contribution in [0.3, 0.4) is 0 Å². The molecule has 0 aliphatic heterocycles. The molecular formula is C10H13NO3. The number of aliphatic hydroxyl groups is 2. The van der Waals surface area contributed by atoms with E-state index in [2.05, 4.69) is 4.98 Å². The highest BCUT2D eigenvalue weighted by Gasteiger charge is 2.23. The van der Waals surface area contributed by atoms with Gasteiger partial charge in [-0.25, -0.2) is 0 Å². The highest BCUT2D eigenvalue weighted by molar-refractivity contribution is 5.93. The second-order valence-corrected chi connectivity index (χ2v) is 3.42. The van der Waals surface area contributed by atoms with E-state index in [-0.39, 0.29) is 5.78 Å². The third-order valence-corrected chi connectivity index (χ3v) is 2.03. The number of carbonyl (C=O) groups excluding carboxylic acids is 1. The van der Waals surface area contributed by atoms with E-state index < -0.39 is 12.2 Å². The topological polar surface area (TPSA) is 70.4 Å². The summed E-state index contributed by atoms with van der Waals surface area (Å²) < 4.78 is 0. The van der Waals surface area contributed by atoms with Gasteiger partial charge in [0.2, 0.25) is 0 Å². The van der Waals surface area contributed by atoms with Gasteiger partial charge in [0.1, 0.15) is 5.60 Å². The zero-order valence-corrected chi connectivity index (χ0v) is 8.19. The first-order valence-corrected chi connectivity index (χ1v) is 4.28. The fourth-order valence-corrected chi connectivity index (χ4v) is 1.00. The average molecular weight is 195 g/mol. The van der Waals surface area contributed by atoms with Crippen molar-refractivity contribution < 1.29 is 15.0 Å². The van der Waals surface area contributed by atoms with Crippen molar-refractivity contribution in [2.24, 2.45) is 0 Å². The Kier molecular flexibility index (Phi) is 2.98. The van der Waals surface area contributed by atoms with Crippen LogP contribution < -0.4 is 0 Å². The van der Waals surface area contributed by atoms with E-state index in [0.717, 1.165) is 0 Å². The Morgan fingerprint density at radius 2 is 2.21 bits per heavy atom. The van der Waals surface area contributed by atoms with Crippen LogP contribution in [0.2, 0.25) is 0 Å². The molecule has 0 aliphatic rings. The molecule has 0 saturated heterocycles. The summed E-state index contributed by atoms with van der Waals surface area (Å²) >= 11 is 0. The normalized spacial score (nSPS) is 14.9. The predicted molar refractivity (Wildman–Crippen MR) is 50.9 cm³/mol. The summed E-state index contributed by atoms with van der Waals surface area (Å²) in [5.74, 6) is -0.0762. The Labute approximate surface area is 82.2 Å². The minimum absolute atomic E-state index is 0.0762. The molecule has 1 aromatic heterocycles. The molecule has 1 unspecified atom stereocenters. The maximum atomic E-state index is 10.9. The summed E-state index contributed by atoms with van der Waals surface area (Å²) in [6.07, 6.45) is 1.39. The molecule has 0 amide bonds. The monoisotopic (exact) mass is 195 g/mol. The lowest BCUT2D eigenvalue weighted by Crippen LogP contribution is -2.27. The molecule has 76 valence electrons. The van der Waals surface area contributed by atoms with Gasteiger partial charge in [-0.3, -0.25) is 9.78 Å². The summed E-state index contributed by atoms with van der Waals surface area (Å²) in [5.41, 5.74) is -0.512. The third-order valence-electron chi connectivity index (χ3n) is 2.03. The smallest absolute Gasteiger partial charge is 0.161 e. The van der Waals surface area contributed by atoms with Crippen LogP contribution in [0, 0.1) is 0 Å². The number of hydrogen-bond donors (Lipinski definition) is 2. The van der Waals surface area contributed by atoms with Gasteiger partial charge < -0.3 is 10.2 Å². The van der Waals surface area contributed by atoms with Crippen molar-refractivity contribution in [2.75, 3.05) is 6.61 Å². The molecule has 0 spiro atoms. The molecule has 0 bridgehead atoms. The number of carbonyl (C=O) groups is 1. The summed E-state index contributed by atoms with van der Waals surface area (Å²) in [7, 11) is 0. The predicted octanol–water partition coefficient (Wildman–Crippen LogP) is 0.484. The Morgan fingerprint density at radius 1 is 1.57 bits per heavy atom. The number of aromatic nitrogens is 1. The zero-order chi connectivity index (χ0) is 10.8. The Bertz CT molecular complexity index is 330. The van der Waals surface area contributed by atoms with Gasteiger partial charge in [-0.1, -0.05) is 0 Å². The first-order valence-electron chi connectivity index (χ1n) is 4.28. The summed E-state index contributed by atoms with van der Waals surface area (Å²) in [5, 5.41) is 18.5. The van der Waals surface area contributed by atoms with E-state index in [1.807, 2.05) is 0 Å². The molecule has 1 rings (SSSR count). The average Bonchev–Trinajstić information content (AvgIpc) is 2.18. The number of pyridine rings is 1. The van der Waals surface area contributed by atoms with Gasteiger partial charge in [-0.2, -0.15) is 0 Å². The Hall–Kier alpha value is -1.26. The summed E-state index contributed by atoms with van der Waals surface area (Å²) in [6, 6.07) is 3.11. The fourth-order valence-electron chi connectivity index (χ4n) is 1.00. The van der Waals surface area contributed by atoms with Gasteiger partial charge in [0, 0.05) is 11.8 Å². The van der Waals surface area contributed by atoms with Crippen LogP contribution in [0.1, 0.15) is 29.9 Å².